The Morgan fingerprint density at radius 3 is 2.67 bits per heavy atom. The van der Waals surface area contributed by atoms with E-state index in [0.717, 1.165) is 25.1 Å². The maximum Gasteiger partial charge on any atom is 0.227 e. The van der Waals surface area contributed by atoms with Crippen LogP contribution in [-0.4, -0.2) is 42.9 Å². The number of rotatable bonds is 4. The third-order valence-electron chi connectivity index (χ3n) is 4.02. The number of benzene rings is 1. The van der Waals surface area contributed by atoms with E-state index in [9.17, 15) is 4.79 Å². The van der Waals surface area contributed by atoms with Gasteiger partial charge in [0.05, 0.1) is 20.6 Å². The molecule has 2 atom stereocenters. The molecule has 1 aromatic rings. The van der Waals surface area contributed by atoms with Crippen molar-refractivity contribution in [2.24, 2.45) is 5.92 Å². The molecule has 2 unspecified atom stereocenters. The number of amides is 1. The Hall–Kier alpha value is -1.23. The number of piperidine rings is 1. The molecular formula is C16H22BrNO3. The van der Waals surface area contributed by atoms with Gasteiger partial charge in [-0.25, -0.2) is 0 Å². The lowest BCUT2D eigenvalue weighted by molar-refractivity contribution is -0.131. The Kier molecular flexibility index (Phi) is 5.51. The molecule has 5 heteroatoms. The van der Waals surface area contributed by atoms with Crippen molar-refractivity contribution in [3.63, 3.8) is 0 Å². The van der Waals surface area contributed by atoms with Crippen LogP contribution in [0.4, 0.5) is 0 Å². The average Bonchev–Trinajstić information content (AvgIpc) is 2.49. The molecule has 0 aliphatic carbocycles. The first kappa shape index (κ1) is 16.1. The van der Waals surface area contributed by atoms with E-state index in [1.165, 1.54) is 0 Å². The van der Waals surface area contributed by atoms with E-state index in [-0.39, 0.29) is 5.91 Å². The number of hydrogen-bond acceptors (Lipinski definition) is 3. The third-order valence-corrected chi connectivity index (χ3v) is 5.21. The van der Waals surface area contributed by atoms with E-state index >= 15 is 0 Å². The highest BCUT2D eigenvalue weighted by atomic mass is 79.9. The maximum atomic E-state index is 12.4. The molecule has 1 saturated heterocycles. The van der Waals surface area contributed by atoms with Crippen molar-refractivity contribution in [2.75, 3.05) is 27.3 Å². The number of methoxy groups -OCH3 is 2. The van der Waals surface area contributed by atoms with Crippen LogP contribution in [0.5, 0.6) is 11.5 Å². The van der Waals surface area contributed by atoms with Crippen LogP contribution in [0.3, 0.4) is 0 Å². The minimum Gasteiger partial charge on any atom is -0.493 e. The Bertz CT molecular complexity index is 506. The van der Waals surface area contributed by atoms with Crippen LogP contribution in [-0.2, 0) is 11.2 Å². The monoisotopic (exact) mass is 355 g/mol. The summed E-state index contributed by atoms with van der Waals surface area (Å²) >= 11 is 3.66. The Morgan fingerprint density at radius 1 is 1.33 bits per heavy atom. The number of carbonyl (C=O) groups is 1. The fraction of sp³-hybridized carbons (Fsp3) is 0.562. The zero-order valence-corrected chi connectivity index (χ0v) is 14.4. The molecule has 1 heterocycles. The molecule has 0 aromatic heterocycles. The van der Waals surface area contributed by atoms with Crippen molar-refractivity contribution in [1.82, 2.24) is 4.90 Å². The second-order valence-electron chi connectivity index (χ2n) is 5.49. The lowest BCUT2D eigenvalue weighted by atomic mass is 9.98. The number of hydrogen-bond donors (Lipinski definition) is 0. The molecular weight excluding hydrogens is 334 g/mol. The fourth-order valence-electron chi connectivity index (χ4n) is 2.53. The van der Waals surface area contributed by atoms with E-state index in [0.29, 0.717) is 28.7 Å². The van der Waals surface area contributed by atoms with Crippen LogP contribution in [0.1, 0.15) is 18.9 Å². The first-order valence-electron chi connectivity index (χ1n) is 7.18. The van der Waals surface area contributed by atoms with E-state index in [4.69, 9.17) is 9.47 Å². The zero-order chi connectivity index (χ0) is 15.4. The van der Waals surface area contributed by atoms with Gasteiger partial charge in [0.25, 0.3) is 0 Å². The summed E-state index contributed by atoms with van der Waals surface area (Å²) < 4.78 is 10.5. The molecule has 2 rings (SSSR count). The van der Waals surface area contributed by atoms with Gasteiger partial charge in [-0.2, -0.15) is 0 Å². The molecule has 0 spiro atoms. The van der Waals surface area contributed by atoms with Gasteiger partial charge < -0.3 is 14.4 Å². The number of ether oxygens (including phenoxy) is 2. The van der Waals surface area contributed by atoms with Crippen LogP contribution in [0.25, 0.3) is 0 Å². The summed E-state index contributed by atoms with van der Waals surface area (Å²) in [6, 6.07) is 5.62. The van der Waals surface area contributed by atoms with Gasteiger partial charge in [-0.15, -0.1) is 0 Å². The Labute approximate surface area is 134 Å². The van der Waals surface area contributed by atoms with Gasteiger partial charge in [-0.05, 0) is 30.0 Å². The number of alkyl halides is 1. The van der Waals surface area contributed by atoms with Crippen LogP contribution >= 0.6 is 15.9 Å². The van der Waals surface area contributed by atoms with Crippen molar-refractivity contribution < 1.29 is 14.3 Å². The average molecular weight is 356 g/mol. The summed E-state index contributed by atoms with van der Waals surface area (Å²) in [4.78, 5) is 14.7. The number of likely N-dealkylation sites (tertiary alicyclic amines) is 1. The van der Waals surface area contributed by atoms with Crippen LogP contribution in [0, 0.1) is 5.92 Å². The van der Waals surface area contributed by atoms with Gasteiger partial charge in [-0.1, -0.05) is 28.9 Å². The molecule has 116 valence electrons. The molecule has 1 fully saturated rings. The molecule has 0 N–H and O–H groups in total. The molecule has 1 amide bonds. The molecule has 21 heavy (non-hydrogen) atoms. The van der Waals surface area contributed by atoms with E-state index in [1.54, 1.807) is 14.2 Å². The minimum absolute atomic E-state index is 0.165. The minimum atomic E-state index is 0.165. The van der Waals surface area contributed by atoms with Crippen LogP contribution in [0.2, 0.25) is 0 Å². The Balaban J connectivity index is 2.02. The predicted octanol–water partition coefficient (Wildman–Crippen LogP) is 2.88. The zero-order valence-electron chi connectivity index (χ0n) is 12.8. The molecule has 1 aliphatic rings. The third kappa shape index (κ3) is 3.90. The largest absolute Gasteiger partial charge is 0.493 e. The highest BCUT2D eigenvalue weighted by Crippen LogP contribution is 2.28. The first-order valence-corrected chi connectivity index (χ1v) is 8.09. The summed E-state index contributed by atoms with van der Waals surface area (Å²) in [5.74, 6) is 2.13. The van der Waals surface area contributed by atoms with Gasteiger partial charge in [0.15, 0.2) is 11.5 Å². The van der Waals surface area contributed by atoms with E-state index < -0.39 is 0 Å². The van der Waals surface area contributed by atoms with E-state index in [2.05, 4.69) is 22.9 Å². The highest BCUT2D eigenvalue weighted by molar-refractivity contribution is 9.09. The van der Waals surface area contributed by atoms with Gasteiger partial charge in [0.2, 0.25) is 5.91 Å². The summed E-state index contributed by atoms with van der Waals surface area (Å²) in [7, 11) is 3.21. The standard InChI is InChI=1S/C16H22BrNO3/c1-11-6-7-18(10-13(11)17)16(19)9-12-4-5-14(20-2)15(8-12)21-3/h4-5,8,11,13H,6-7,9-10H2,1-3H3. The van der Waals surface area contributed by atoms with Crippen molar-refractivity contribution in [2.45, 2.75) is 24.6 Å². The normalized spacial score (nSPS) is 22.0. The second kappa shape index (κ2) is 7.16. The summed E-state index contributed by atoms with van der Waals surface area (Å²) in [6.07, 6.45) is 1.45. The topological polar surface area (TPSA) is 38.8 Å². The van der Waals surface area contributed by atoms with Crippen molar-refractivity contribution in [1.29, 1.82) is 0 Å². The Morgan fingerprint density at radius 2 is 2.05 bits per heavy atom. The quantitative estimate of drug-likeness (QED) is 0.779. The molecule has 0 bridgehead atoms. The molecule has 1 aliphatic heterocycles. The first-order chi connectivity index (χ1) is 10.0. The van der Waals surface area contributed by atoms with Crippen molar-refractivity contribution in [3.8, 4) is 11.5 Å². The van der Waals surface area contributed by atoms with Gasteiger partial charge in [-0.3, -0.25) is 4.79 Å². The SMILES string of the molecule is COc1ccc(CC(=O)N2CCC(C)C(Br)C2)cc1OC. The van der Waals surface area contributed by atoms with Gasteiger partial charge in [0, 0.05) is 17.9 Å². The van der Waals surface area contributed by atoms with Crippen molar-refractivity contribution >= 4 is 21.8 Å². The van der Waals surface area contributed by atoms with Crippen molar-refractivity contribution in [3.05, 3.63) is 23.8 Å². The molecule has 1 aromatic carbocycles. The second-order valence-corrected chi connectivity index (χ2v) is 6.66. The fourth-order valence-corrected chi connectivity index (χ4v) is 3.14. The molecule has 0 saturated carbocycles. The number of carbonyl (C=O) groups excluding carboxylic acids is 1. The smallest absolute Gasteiger partial charge is 0.227 e. The predicted molar refractivity (Wildman–Crippen MR) is 86.3 cm³/mol. The lowest BCUT2D eigenvalue weighted by Gasteiger charge is -2.34. The number of halogens is 1. The summed E-state index contributed by atoms with van der Waals surface area (Å²) in [5.41, 5.74) is 0.947. The highest BCUT2D eigenvalue weighted by Gasteiger charge is 2.27. The summed E-state index contributed by atoms with van der Waals surface area (Å²) in [6.45, 7) is 3.85. The van der Waals surface area contributed by atoms with E-state index in [1.807, 2.05) is 23.1 Å². The maximum absolute atomic E-state index is 12.4. The van der Waals surface area contributed by atoms with Gasteiger partial charge >= 0.3 is 0 Å². The number of nitrogens with zero attached hydrogens (tertiary/aromatic N) is 1. The summed E-state index contributed by atoms with van der Waals surface area (Å²) in [5, 5.41) is 0. The van der Waals surface area contributed by atoms with Gasteiger partial charge in [0.1, 0.15) is 0 Å². The van der Waals surface area contributed by atoms with Crippen LogP contribution in [0.15, 0.2) is 18.2 Å². The van der Waals surface area contributed by atoms with Crippen LogP contribution < -0.4 is 9.47 Å². The molecule has 4 nitrogen and oxygen atoms in total. The lowest BCUT2D eigenvalue weighted by Crippen LogP contribution is -2.44. The molecule has 0 radical (unpaired) electrons.